The van der Waals surface area contributed by atoms with Crippen LogP contribution in [0.1, 0.15) is 33.6 Å². The summed E-state index contributed by atoms with van der Waals surface area (Å²) in [5.74, 6) is -3.31. The molecule has 9 nitrogen and oxygen atoms in total. The van der Waals surface area contributed by atoms with Crippen LogP contribution in [0.15, 0.2) is 30.3 Å². The third-order valence-electron chi connectivity index (χ3n) is 5.86. The summed E-state index contributed by atoms with van der Waals surface area (Å²) in [5.41, 5.74) is 6.11. The molecule has 1 fully saturated rings. The highest BCUT2D eigenvalue weighted by Gasteiger charge is 2.45. The Morgan fingerprint density at radius 3 is 2.39 bits per heavy atom. The lowest BCUT2D eigenvalue weighted by Gasteiger charge is -2.30. The molecule has 2 aromatic rings. The number of imide groups is 1. The van der Waals surface area contributed by atoms with Crippen LogP contribution in [0.4, 0.5) is 0 Å². The minimum Gasteiger partial charge on any atom is -0.491 e. The van der Waals surface area contributed by atoms with Gasteiger partial charge >= 0.3 is 0 Å². The largest absolute Gasteiger partial charge is 0.491 e. The lowest BCUT2D eigenvalue weighted by atomic mass is 9.71. The zero-order valence-corrected chi connectivity index (χ0v) is 18.1. The third-order valence-corrected chi connectivity index (χ3v) is 5.86. The molecule has 2 unspecified atom stereocenters. The van der Waals surface area contributed by atoms with Crippen LogP contribution in [0.5, 0.6) is 5.75 Å². The Morgan fingerprint density at radius 1 is 0.909 bits per heavy atom. The normalized spacial score (nSPS) is 20.3. The smallest absolute Gasteiger partial charge is 0.230 e. The second kappa shape index (κ2) is 10.2. The van der Waals surface area contributed by atoms with E-state index in [1.54, 1.807) is 24.3 Å². The number of Topliss-reactive ketones (excluding diaryl/α,β-unsaturated/α-hetero) is 2. The zero-order valence-electron chi connectivity index (χ0n) is 18.1. The van der Waals surface area contributed by atoms with Crippen LogP contribution in [-0.4, -0.2) is 63.0 Å². The van der Waals surface area contributed by atoms with Gasteiger partial charge in [0.15, 0.2) is 11.6 Å². The van der Waals surface area contributed by atoms with Gasteiger partial charge in [-0.25, -0.2) is 0 Å². The maximum absolute atomic E-state index is 13.4. The summed E-state index contributed by atoms with van der Waals surface area (Å²) < 4.78 is 16.5. The van der Waals surface area contributed by atoms with Crippen molar-refractivity contribution in [2.75, 3.05) is 39.6 Å². The summed E-state index contributed by atoms with van der Waals surface area (Å²) in [4.78, 5) is 50.6. The van der Waals surface area contributed by atoms with Crippen LogP contribution >= 0.6 is 0 Å². The molecule has 0 spiro atoms. The molecule has 4 rings (SSSR count). The van der Waals surface area contributed by atoms with Gasteiger partial charge in [-0.3, -0.25) is 24.5 Å². The van der Waals surface area contributed by atoms with Crippen LogP contribution in [0.3, 0.4) is 0 Å². The fraction of sp³-hybridized carbons (Fsp3) is 0.417. The molecule has 1 aliphatic heterocycles. The molecule has 174 valence electrons. The number of amides is 2. The van der Waals surface area contributed by atoms with E-state index in [1.165, 1.54) is 0 Å². The van der Waals surface area contributed by atoms with E-state index in [1.807, 2.05) is 6.07 Å². The van der Waals surface area contributed by atoms with Crippen molar-refractivity contribution in [3.8, 4) is 5.75 Å². The summed E-state index contributed by atoms with van der Waals surface area (Å²) in [7, 11) is 0. The van der Waals surface area contributed by atoms with Crippen molar-refractivity contribution < 1.29 is 33.4 Å². The van der Waals surface area contributed by atoms with Gasteiger partial charge < -0.3 is 19.9 Å². The number of hydrogen-bond donors (Lipinski definition) is 2. The summed E-state index contributed by atoms with van der Waals surface area (Å²) >= 11 is 0. The first-order valence-electron chi connectivity index (χ1n) is 11.0. The van der Waals surface area contributed by atoms with E-state index in [2.05, 4.69) is 5.32 Å². The van der Waals surface area contributed by atoms with Gasteiger partial charge in [0.1, 0.15) is 12.4 Å². The molecule has 0 radical (unpaired) electrons. The predicted octanol–water partition coefficient (Wildman–Crippen LogP) is 1.26. The van der Waals surface area contributed by atoms with Crippen LogP contribution in [0.2, 0.25) is 0 Å². The molecule has 2 aliphatic rings. The van der Waals surface area contributed by atoms with E-state index in [0.717, 1.165) is 0 Å². The minimum absolute atomic E-state index is 0.102. The number of carbonyl (C=O) groups excluding carboxylic acids is 4. The third kappa shape index (κ3) is 4.80. The number of carbonyl (C=O) groups is 4. The van der Waals surface area contributed by atoms with Crippen molar-refractivity contribution >= 4 is 34.2 Å². The quantitative estimate of drug-likeness (QED) is 0.311. The Kier molecular flexibility index (Phi) is 7.12. The summed E-state index contributed by atoms with van der Waals surface area (Å²) in [6, 6.07) is 8.61. The number of ether oxygens (including phenoxy) is 3. The number of nitrogens with two attached hydrogens (primary N) is 1. The molecule has 0 aromatic heterocycles. The number of ketones is 2. The van der Waals surface area contributed by atoms with Gasteiger partial charge in [-0.15, -0.1) is 0 Å². The molecule has 0 saturated carbocycles. The highest BCUT2D eigenvalue weighted by atomic mass is 16.5. The summed E-state index contributed by atoms with van der Waals surface area (Å²) in [6.07, 6.45) is 0.269. The van der Waals surface area contributed by atoms with Crippen molar-refractivity contribution in [3.63, 3.8) is 0 Å². The van der Waals surface area contributed by atoms with E-state index in [9.17, 15) is 19.2 Å². The average Bonchev–Trinajstić information content (AvgIpc) is 2.80. The standard InChI is InChI=1S/C24H26N2O7/c25-6-7-31-8-9-32-10-11-33-15-12-14-2-1-3-16-20(14)18(13-15)23(29)21(22(16)28)17-4-5-19(27)26-24(17)30/h1-3,12-13,17,21H,4-11,25H2,(H,26,27,30). The SMILES string of the molecule is NCCOCCOCCOc1cc2c3c(cccc3c1)C(=O)C(C1CCC(=O)NC1=O)C2=O. The second-order valence-electron chi connectivity index (χ2n) is 8.00. The average molecular weight is 454 g/mol. The monoisotopic (exact) mass is 454 g/mol. The molecular weight excluding hydrogens is 428 g/mol. The van der Waals surface area contributed by atoms with E-state index >= 15 is 0 Å². The molecular formula is C24H26N2O7. The van der Waals surface area contributed by atoms with Crippen LogP contribution in [-0.2, 0) is 19.1 Å². The first-order chi connectivity index (χ1) is 16.0. The van der Waals surface area contributed by atoms with Gasteiger partial charge in [-0.2, -0.15) is 0 Å². The molecule has 2 amide bonds. The molecule has 1 heterocycles. The molecule has 3 N–H and O–H groups in total. The van der Waals surface area contributed by atoms with Gasteiger partial charge in [0.25, 0.3) is 0 Å². The molecule has 0 bridgehead atoms. The number of benzene rings is 2. The molecule has 1 aliphatic carbocycles. The van der Waals surface area contributed by atoms with E-state index in [0.29, 0.717) is 60.6 Å². The Balaban J connectivity index is 1.52. The van der Waals surface area contributed by atoms with Gasteiger partial charge in [0.2, 0.25) is 11.8 Å². The fourth-order valence-electron chi connectivity index (χ4n) is 4.36. The molecule has 2 atom stereocenters. The summed E-state index contributed by atoms with van der Waals surface area (Å²) in [6.45, 7) is 2.42. The minimum atomic E-state index is -1.15. The zero-order chi connectivity index (χ0) is 23.4. The number of piperidine rings is 1. The van der Waals surface area contributed by atoms with E-state index in [-0.39, 0.29) is 25.2 Å². The highest BCUT2D eigenvalue weighted by molar-refractivity contribution is 6.30. The lowest BCUT2D eigenvalue weighted by Crippen LogP contribution is -2.48. The number of hydrogen-bond acceptors (Lipinski definition) is 8. The van der Waals surface area contributed by atoms with Crippen molar-refractivity contribution in [3.05, 3.63) is 41.5 Å². The van der Waals surface area contributed by atoms with Crippen molar-refractivity contribution in [1.29, 1.82) is 0 Å². The Labute approximate surface area is 190 Å². The van der Waals surface area contributed by atoms with Crippen molar-refractivity contribution in [2.45, 2.75) is 12.8 Å². The van der Waals surface area contributed by atoms with Crippen molar-refractivity contribution in [1.82, 2.24) is 5.32 Å². The molecule has 33 heavy (non-hydrogen) atoms. The first-order valence-corrected chi connectivity index (χ1v) is 11.0. The second-order valence-corrected chi connectivity index (χ2v) is 8.00. The number of rotatable bonds is 10. The Hall–Kier alpha value is -3.14. The van der Waals surface area contributed by atoms with Crippen molar-refractivity contribution in [2.24, 2.45) is 17.6 Å². The predicted molar refractivity (Wildman–Crippen MR) is 118 cm³/mol. The van der Waals surface area contributed by atoms with Crippen LogP contribution in [0.25, 0.3) is 10.8 Å². The molecule has 9 heteroatoms. The molecule has 2 aromatic carbocycles. The first kappa shape index (κ1) is 23.0. The van der Waals surface area contributed by atoms with Gasteiger partial charge in [-0.05, 0) is 23.9 Å². The maximum atomic E-state index is 13.4. The van der Waals surface area contributed by atoms with E-state index in [4.69, 9.17) is 19.9 Å². The van der Waals surface area contributed by atoms with E-state index < -0.39 is 29.4 Å². The van der Waals surface area contributed by atoms with Gasteiger partial charge in [-0.1, -0.05) is 18.2 Å². The Morgan fingerprint density at radius 2 is 1.64 bits per heavy atom. The number of nitrogens with one attached hydrogen (secondary N) is 1. The molecule has 1 saturated heterocycles. The Bertz CT molecular complexity index is 1100. The van der Waals surface area contributed by atoms with Crippen LogP contribution in [0, 0.1) is 11.8 Å². The lowest BCUT2D eigenvalue weighted by molar-refractivity contribution is -0.137. The van der Waals surface area contributed by atoms with Crippen LogP contribution < -0.4 is 15.8 Å². The topological polar surface area (TPSA) is 134 Å². The highest BCUT2D eigenvalue weighted by Crippen LogP contribution is 2.39. The van der Waals surface area contributed by atoms with Gasteiger partial charge in [0.05, 0.1) is 38.3 Å². The maximum Gasteiger partial charge on any atom is 0.230 e. The summed E-state index contributed by atoms with van der Waals surface area (Å²) in [5, 5.41) is 3.52. The van der Waals surface area contributed by atoms with Gasteiger partial charge in [0, 0.05) is 29.5 Å². The fourth-order valence-corrected chi connectivity index (χ4v) is 4.36.